The number of aryl methyl sites for hydroxylation is 2. The number of amides is 2. The summed E-state index contributed by atoms with van der Waals surface area (Å²) in [6, 6.07) is 11.7. The van der Waals surface area contributed by atoms with Crippen molar-refractivity contribution in [1.82, 2.24) is 20.0 Å². The first-order valence-electron chi connectivity index (χ1n) is 9.28. The van der Waals surface area contributed by atoms with Gasteiger partial charge in [0.25, 0.3) is 11.8 Å². The molecule has 0 saturated carbocycles. The smallest absolute Gasteiger partial charge is 0.272 e. The summed E-state index contributed by atoms with van der Waals surface area (Å²) < 4.78 is 0. The number of aromatic nitrogens is 2. The van der Waals surface area contributed by atoms with Gasteiger partial charge in [-0.25, -0.2) is 0 Å². The van der Waals surface area contributed by atoms with Crippen molar-refractivity contribution >= 4 is 23.2 Å². The summed E-state index contributed by atoms with van der Waals surface area (Å²) in [7, 11) is 0. The molecule has 28 heavy (non-hydrogen) atoms. The second-order valence-corrected chi connectivity index (χ2v) is 7.99. The van der Waals surface area contributed by atoms with E-state index in [0.29, 0.717) is 31.9 Å². The maximum Gasteiger partial charge on any atom is 0.272 e. The van der Waals surface area contributed by atoms with Crippen molar-refractivity contribution in [3.8, 4) is 11.3 Å². The Morgan fingerprint density at radius 2 is 1.71 bits per heavy atom. The van der Waals surface area contributed by atoms with Gasteiger partial charge in [-0.3, -0.25) is 14.7 Å². The predicted octanol–water partition coefficient (Wildman–Crippen LogP) is 3.35. The first-order chi connectivity index (χ1) is 13.5. The van der Waals surface area contributed by atoms with E-state index in [2.05, 4.69) is 23.2 Å². The van der Waals surface area contributed by atoms with Crippen molar-refractivity contribution in [2.75, 3.05) is 26.2 Å². The van der Waals surface area contributed by atoms with Crippen LogP contribution in [-0.2, 0) is 0 Å². The van der Waals surface area contributed by atoms with E-state index >= 15 is 0 Å². The van der Waals surface area contributed by atoms with E-state index in [4.69, 9.17) is 0 Å². The summed E-state index contributed by atoms with van der Waals surface area (Å²) in [4.78, 5) is 29.6. The molecular weight excluding hydrogens is 372 g/mol. The molecule has 0 spiro atoms. The van der Waals surface area contributed by atoms with Crippen molar-refractivity contribution in [2.24, 2.45) is 0 Å². The third-order valence-corrected chi connectivity index (χ3v) is 5.91. The van der Waals surface area contributed by atoms with E-state index in [9.17, 15) is 9.59 Å². The second-order valence-electron chi connectivity index (χ2n) is 7.05. The summed E-state index contributed by atoms with van der Waals surface area (Å²) >= 11 is 1.45. The Morgan fingerprint density at radius 3 is 2.36 bits per heavy atom. The van der Waals surface area contributed by atoms with Crippen molar-refractivity contribution in [3.63, 3.8) is 0 Å². The minimum Gasteiger partial charge on any atom is -0.334 e. The molecule has 2 amide bonds. The van der Waals surface area contributed by atoms with E-state index in [-0.39, 0.29) is 11.8 Å². The van der Waals surface area contributed by atoms with E-state index in [1.54, 1.807) is 4.90 Å². The zero-order valence-corrected chi connectivity index (χ0v) is 16.8. The van der Waals surface area contributed by atoms with Gasteiger partial charge in [0, 0.05) is 31.7 Å². The van der Waals surface area contributed by atoms with Gasteiger partial charge in [0.05, 0.1) is 10.6 Å². The van der Waals surface area contributed by atoms with Gasteiger partial charge in [-0.1, -0.05) is 29.8 Å². The highest BCUT2D eigenvalue weighted by Gasteiger charge is 2.27. The van der Waals surface area contributed by atoms with Crippen LogP contribution in [0.1, 0.15) is 31.3 Å². The number of aromatic amines is 1. The number of nitrogens with zero attached hydrogens (tertiary/aromatic N) is 3. The molecule has 1 aliphatic rings. The molecule has 3 aromatic rings. The third kappa shape index (κ3) is 3.57. The highest BCUT2D eigenvalue weighted by molar-refractivity contribution is 7.12. The van der Waals surface area contributed by atoms with Crippen molar-refractivity contribution in [2.45, 2.75) is 13.8 Å². The fraction of sp³-hybridized carbons (Fsp3) is 0.286. The number of carbonyl (C=O) groups is 2. The highest BCUT2D eigenvalue weighted by atomic mass is 32.1. The summed E-state index contributed by atoms with van der Waals surface area (Å²) in [6.07, 6.45) is 0. The maximum atomic E-state index is 12.8. The monoisotopic (exact) mass is 394 g/mol. The van der Waals surface area contributed by atoms with Gasteiger partial charge in [-0.2, -0.15) is 5.10 Å². The van der Waals surface area contributed by atoms with E-state index in [0.717, 1.165) is 21.7 Å². The lowest BCUT2D eigenvalue weighted by Crippen LogP contribution is -2.50. The molecule has 0 unspecified atom stereocenters. The van der Waals surface area contributed by atoms with Gasteiger partial charge in [0.15, 0.2) is 0 Å². The van der Waals surface area contributed by atoms with Crippen LogP contribution >= 0.6 is 11.3 Å². The Balaban J connectivity index is 1.42. The van der Waals surface area contributed by atoms with Gasteiger partial charge >= 0.3 is 0 Å². The van der Waals surface area contributed by atoms with Crippen LogP contribution < -0.4 is 0 Å². The first-order valence-corrected chi connectivity index (χ1v) is 10.2. The number of hydrogen-bond acceptors (Lipinski definition) is 4. The molecule has 0 aliphatic carbocycles. The topological polar surface area (TPSA) is 69.3 Å². The van der Waals surface area contributed by atoms with E-state index in [1.807, 2.05) is 47.5 Å². The number of nitrogens with one attached hydrogen (secondary N) is 1. The van der Waals surface area contributed by atoms with Crippen molar-refractivity contribution in [3.05, 3.63) is 63.5 Å². The molecule has 2 aromatic heterocycles. The van der Waals surface area contributed by atoms with Crippen molar-refractivity contribution < 1.29 is 9.59 Å². The Bertz CT molecular complexity index is 1000. The minimum atomic E-state index is -0.0771. The third-order valence-electron chi connectivity index (χ3n) is 5.05. The van der Waals surface area contributed by atoms with Crippen LogP contribution in [0.2, 0.25) is 0 Å². The van der Waals surface area contributed by atoms with Crippen molar-refractivity contribution in [1.29, 1.82) is 0 Å². The van der Waals surface area contributed by atoms with Crippen LogP contribution in [0.5, 0.6) is 0 Å². The van der Waals surface area contributed by atoms with Crippen LogP contribution in [0.25, 0.3) is 11.3 Å². The number of hydrogen-bond donors (Lipinski definition) is 1. The number of benzene rings is 1. The molecule has 1 saturated heterocycles. The Labute approximate surface area is 167 Å². The SMILES string of the molecule is Cc1ccc(-c2cc(C(=O)N3CCN(C(=O)c4cccs4)CC3)[nH]n2)c(C)c1. The van der Waals surface area contributed by atoms with Crippen LogP contribution in [0.4, 0.5) is 0 Å². The molecule has 4 rings (SSSR count). The lowest BCUT2D eigenvalue weighted by atomic mass is 10.0. The molecule has 144 valence electrons. The predicted molar refractivity (Wildman–Crippen MR) is 110 cm³/mol. The molecule has 6 nitrogen and oxygen atoms in total. The fourth-order valence-electron chi connectivity index (χ4n) is 3.51. The number of H-pyrrole nitrogens is 1. The van der Waals surface area contributed by atoms with E-state index in [1.165, 1.54) is 16.9 Å². The summed E-state index contributed by atoms with van der Waals surface area (Å²) in [6.45, 7) is 6.23. The molecule has 1 aliphatic heterocycles. The molecule has 1 aromatic carbocycles. The maximum absolute atomic E-state index is 12.8. The molecule has 1 fully saturated rings. The molecule has 1 N–H and O–H groups in total. The lowest BCUT2D eigenvalue weighted by Gasteiger charge is -2.34. The van der Waals surface area contributed by atoms with Gasteiger partial charge in [0.1, 0.15) is 5.69 Å². The van der Waals surface area contributed by atoms with Crippen LogP contribution in [0, 0.1) is 13.8 Å². The minimum absolute atomic E-state index is 0.0424. The van der Waals surface area contributed by atoms with Crippen LogP contribution in [0.15, 0.2) is 41.8 Å². The lowest BCUT2D eigenvalue weighted by molar-refractivity contribution is 0.0535. The molecule has 3 heterocycles. The Morgan fingerprint density at radius 1 is 1.00 bits per heavy atom. The average Bonchev–Trinajstić information content (AvgIpc) is 3.39. The molecular formula is C21H22N4O2S. The van der Waals surface area contributed by atoms with Gasteiger partial charge in [-0.05, 0) is 36.9 Å². The Kier molecular flexibility index (Phi) is 5.00. The van der Waals surface area contributed by atoms with Gasteiger partial charge < -0.3 is 9.80 Å². The first kappa shape index (κ1) is 18.4. The standard InChI is InChI=1S/C21H22N4O2S/c1-14-5-6-16(15(2)12-14)17-13-18(23-22-17)20(26)24-7-9-25(10-8-24)21(27)19-4-3-11-28-19/h3-6,11-13H,7-10H2,1-2H3,(H,22,23). The largest absolute Gasteiger partial charge is 0.334 e. The number of rotatable bonds is 3. The zero-order valence-electron chi connectivity index (χ0n) is 15.9. The zero-order chi connectivity index (χ0) is 19.7. The normalized spacial score (nSPS) is 14.4. The number of carbonyl (C=O) groups excluding carboxylic acids is 2. The van der Waals surface area contributed by atoms with Gasteiger partial charge in [0.2, 0.25) is 0 Å². The Hall–Kier alpha value is -2.93. The average molecular weight is 395 g/mol. The quantitative estimate of drug-likeness (QED) is 0.741. The molecule has 0 radical (unpaired) electrons. The van der Waals surface area contributed by atoms with Crippen LogP contribution in [-0.4, -0.2) is 58.0 Å². The molecule has 0 bridgehead atoms. The summed E-state index contributed by atoms with van der Waals surface area (Å²) in [5.41, 5.74) is 4.60. The molecule has 0 atom stereocenters. The summed E-state index contributed by atoms with van der Waals surface area (Å²) in [5.74, 6) is -0.0347. The second kappa shape index (κ2) is 7.59. The van der Waals surface area contributed by atoms with Crippen LogP contribution in [0.3, 0.4) is 0 Å². The summed E-state index contributed by atoms with van der Waals surface area (Å²) in [5, 5.41) is 9.11. The van der Waals surface area contributed by atoms with E-state index < -0.39 is 0 Å². The fourth-order valence-corrected chi connectivity index (χ4v) is 4.20. The molecule has 7 heteroatoms. The highest BCUT2D eigenvalue weighted by Crippen LogP contribution is 2.23. The van der Waals surface area contributed by atoms with Gasteiger partial charge in [-0.15, -0.1) is 11.3 Å². The number of thiophene rings is 1. The number of piperazine rings is 1.